The van der Waals surface area contributed by atoms with Crippen LogP contribution >= 0.6 is 22.6 Å². The number of halogens is 2. The Bertz CT molecular complexity index is 919. The maximum atomic E-state index is 12.9. The van der Waals surface area contributed by atoms with Crippen molar-refractivity contribution in [3.63, 3.8) is 0 Å². The molecule has 0 amide bonds. The van der Waals surface area contributed by atoms with E-state index in [0.29, 0.717) is 10.3 Å². The van der Waals surface area contributed by atoms with Gasteiger partial charge in [-0.1, -0.05) is 90.0 Å². The molecule has 2 unspecified atom stereocenters. The second kappa shape index (κ2) is 11.3. The quantitative estimate of drug-likeness (QED) is 0.119. The van der Waals surface area contributed by atoms with Crippen LogP contribution < -0.4 is 0 Å². The molecule has 0 fully saturated rings. The van der Waals surface area contributed by atoms with Gasteiger partial charge >= 0.3 is 0 Å². The lowest BCUT2D eigenvalue weighted by atomic mass is 10.0. The summed E-state index contributed by atoms with van der Waals surface area (Å²) in [4.78, 5) is 9.25. The molecule has 3 aromatic rings. The number of aromatic nitrogens is 2. The molecule has 0 bridgehead atoms. The molecule has 2 atom stereocenters. The molecule has 0 saturated heterocycles. The van der Waals surface area contributed by atoms with Crippen molar-refractivity contribution in [3.8, 4) is 22.4 Å². The molecule has 0 N–H and O–H groups in total. The van der Waals surface area contributed by atoms with Crippen LogP contribution in [0.15, 0.2) is 73.6 Å². The fourth-order valence-electron chi connectivity index (χ4n) is 3.38. The predicted octanol–water partition coefficient (Wildman–Crippen LogP) is 7.93. The number of nitrogens with zero attached hydrogens (tertiary/aromatic N) is 2. The summed E-state index contributed by atoms with van der Waals surface area (Å²) in [5.74, 6) is 0. The lowest BCUT2D eigenvalue weighted by molar-refractivity contribution is 0.330. The Balaban J connectivity index is 1.61. The minimum Gasteiger partial charge on any atom is -0.256 e. The van der Waals surface area contributed by atoms with Gasteiger partial charge in [-0.3, -0.25) is 9.97 Å². The molecule has 0 radical (unpaired) electrons. The number of hydrogen-bond donors (Lipinski definition) is 0. The molecule has 156 valence electrons. The molecule has 2 nitrogen and oxygen atoms in total. The third-order valence-electron chi connectivity index (χ3n) is 5.15. The van der Waals surface area contributed by atoms with E-state index >= 15 is 0 Å². The summed E-state index contributed by atoms with van der Waals surface area (Å²) in [6.07, 6.45) is 9.41. The Labute approximate surface area is 192 Å². The molecule has 1 heterocycles. The molecule has 0 saturated carbocycles. The lowest BCUT2D eigenvalue weighted by Crippen LogP contribution is -1.98. The Morgan fingerprint density at radius 3 is 2.07 bits per heavy atom. The van der Waals surface area contributed by atoms with Crippen LogP contribution in [0.5, 0.6) is 0 Å². The summed E-state index contributed by atoms with van der Waals surface area (Å²) in [5, 5.41) is 0. The van der Waals surface area contributed by atoms with Gasteiger partial charge in [0.05, 0.1) is 33.9 Å². The second-order valence-electron chi connectivity index (χ2n) is 7.63. The van der Waals surface area contributed by atoms with E-state index in [1.807, 2.05) is 18.5 Å². The van der Waals surface area contributed by atoms with Crippen LogP contribution in [-0.2, 0) is 6.42 Å². The fraction of sp³-hybridized carbons (Fsp3) is 0.308. The van der Waals surface area contributed by atoms with Crippen molar-refractivity contribution in [2.24, 2.45) is 0 Å². The molecular formula is C26H28FIN2. The van der Waals surface area contributed by atoms with Crippen LogP contribution in [0.3, 0.4) is 0 Å². The van der Waals surface area contributed by atoms with Crippen molar-refractivity contribution in [3.05, 3.63) is 84.8 Å². The van der Waals surface area contributed by atoms with Crippen molar-refractivity contribution in [2.45, 2.75) is 49.1 Å². The topological polar surface area (TPSA) is 25.8 Å². The van der Waals surface area contributed by atoms with Crippen LogP contribution in [0.2, 0.25) is 0 Å². The van der Waals surface area contributed by atoms with E-state index in [2.05, 4.69) is 87.7 Å². The van der Waals surface area contributed by atoms with Gasteiger partial charge in [0.25, 0.3) is 0 Å². The monoisotopic (exact) mass is 514 g/mol. The summed E-state index contributed by atoms with van der Waals surface area (Å²) in [7, 11) is 0. The van der Waals surface area contributed by atoms with Gasteiger partial charge in [-0.15, -0.1) is 6.58 Å². The largest absolute Gasteiger partial charge is 0.256 e. The van der Waals surface area contributed by atoms with Gasteiger partial charge in [0.2, 0.25) is 0 Å². The highest BCUT2D eigenvalue weighted by molar-refractivity contribution is 14.1. The maximum absolute atomic E-state index is 12.9. The highest BCUT2D eigenvalue weighted by atomic mass is 127. The molecular weight excluding hydrogens is 486 g/mol. The smallest absolute Gasteiger partial charge is 0.0973 e. The van der Waals surface area contributed by atoms with Crippen LogP contribution in [0.4, 0.5) is 4.39 Å². The average molecular weight is 514 g/mol. The third kappa shape index (κ3) is 6.46. The van der Waals surface area contributed by atoms with Crippen LogP contribution in [0.1, 0.15) is 47.8 Å². The van der Waals surface area contributed by atoms with E-state index in [4.69, 9.17) is 0 Å². The molecule has 0 aliphatic carbocycles. The zero-order chi connectivity index (χ0) is 21.3. The molecule has 0 aliphatic heterocycles. The molecule has 4 heteroatoms. The molecule has 1 aromatic heterocycles. The van der Waals surface area contributed by atoms with Gasteiger partial charge in [0.15, 0.2) is 0 Å². The molecule has 0 spiro atoms. The summed E-state index contributed by atoms with van der Waals surface area (Å²) < 4.78 is 13.2. The maximum Gasteiger partial charge on any atom is 0.0973 e. The average Bonchev–Trinajstić information content (AvgIpc) is 2.77. The number of benzene rings is 2. The Hall–Kier alpha value is -2.08. The summed E-state index contributed by atoms with van der Waals surface area (Å²) >= 11 is 2.41. The number of hydrogen-bond acceptors (Lipinski definition) is 2. The van der Waals surface area contributed by atoms with Gasteiger partial charge < -0.3 is 0 Å². The van der Waals surface area contributed by atoms with E-state index in [1.165, 1.54) is 16.7 Å². The molecule has 3 rings (SSSR count). The number of rotatable bonds is 10. The van der Waals surface area contributed by atoms with Gasteiger partial charge in [-0.2, -0.15) is 0 Å². The highest BCUT2D eigenvalue weighted by Gasteiger charge is 2.11. The first-order valence-electron chi connectivity index (χ1n) is 10.5. The van der Waals surface area contributed by atoms with Crippen molar-refractivity contribution in [1.29, 1.82) is 0 Å². The zero-order valence-electron chi connectivity index (χ0n) is 17.4. The van der Waals surface area contributed by atoms with Gasteiger partial charge in [0.1, 0.15) is 0 Å². The van der Waals surface area contributed by atoms with E-state index in [0.717, 1.165) is 42.6 Å². The number of allylic oxidation sites excluding steroid dienone is 1. The summed E-state index contributed by atoms with van der Waals surface area (Å²) in [6.45, 7) is 5.41. The van der Waals surface area contributed by atoms with E-state index in [9.17, 15) is 4.39 Å². The van der Waals surface area contributed by atoms with Crippen LogP contribution in [0.25, 0.3) is 22.4 Å². The third-order valence-corrected chi connectivity index (χ3v) is 6.41. The zero-order valence-corrected chi connectivity index (χ0v) is 19.6. The molecule has 30 heavy (non-hydrogen) atoms. The predicted molar refractivity (Wildman–Crippen MR) is 133 cm³/mol. The number of alkyl halides is 2. The number of unbranched alkanes of at least 4 members (excludes halogenated alkanes) is 1. The van der Waals surface area contributed by atoms with E-state index < -0.39 is 6.17 Å². The highest BCUT2D eigenvalue weighted by Crippen LogP contribution is 2.29. The minimum atomic E-state index is -0.709. The Morgan fingerprint density at radius 2 is 1.50 bits per heavy atom. The van der Waals surface area contributed by atoms with E-state index in [-0.39, 0.29) is 0 Å². The molecule has 2 aromatic carbocycles. The normalized spacial score (nSPS) is 13.0. The first-order valence-corrected chi connectivity index (χ1v) is 11.7. The van der Waals surface area contributed by atoms with Crippen LogP contribution in [0, 0.1) is 0 Å². The van der Waals surface area contributed by atoms with E-state index in [1.54, 1.807) is 6.92 Å². The van der Waals surface area contributed by atoms with Crippen molar-refractivity contribution >= 4 is 22.6 Å². The second-order valence-corrected chi connectivity index (χ2v) is 9.13. The summed E-state index contributed by atoms with van der Waals surface area (Å²) in [6, 6.07) is 17.0. The Kier molecular flexibility index (Phi) is 8.55. The minimum absolute atomic E-state index is 0.311. The van der Waals surface area contributed by atoms with Gasteiger partial charge in [-0.05, 0) is 42.9 Å². The van der Waals surface area contributed by atoms with Gasteiger partial charge in [0, 0.05) is 5.56 Å². The van der Waals surface area contributed by atoms with Crippen molar-refractivity contribution in [1.82, 2.24) is 9.97 Å². The standard InChI is InChI=1S/C26H28FIN2/c1-3-6-20-9-11-21(12-10-20)22-13-15-23(16-14-22)25-17-30-26(18-29-25)24(28)8-5-4-7-19(2)27/h3,9-19,24H,1,4-8H2,2H3. The fourth-order valence-corrected chi connectivity index (χ4v) is 4.14. The molecule has 0 aliphatic rings. The Morgan fingerprint density at radius 1 is 0.900 bits per heavy atom. The SMILES string of the molecule is C=CCc1ccc(-c2ccc(-c3cnc(C(I)CCCCC(C)F)cn3)cc2)cc1. The first-order chi connectivity index (χ1) is 14.6. The van der Waals surface area contributed by atoms with Crippen LogP contribution in [-0.4, -0.2) is 16.1 Å². The van der Waals surface area contributed by atoms with Gasteiger partial charge in [-0.25, -0.2) is 4.39 Å². The first kappa shape index (κ1) is 22.6. The van der Waals surface area contributed by atoms with Crippen molar-refractivity contribution in [2.75, 3.05) is 0 Å². The van der Waals surface area contributed by atoms with Crippen molar-refractivity contribution < 1.29 is 4.39 Å². The summed E-state index contributed by atoms with van der Waals surface area (Å²) in [5.41, 5.74) is 6.58. The lowest BCUT2D eigenvalue weighted by Gasteiger charge is -2.10.